The summed E-state index contributed by atoms with van der Waals surface area (Å²) in [7, 11) is 0. The molecule has 0 aliphatic rings. The Balaban J connectivity index is 2.68. The fourth-order valence-electron chi connectivity index (χ4n) is 1.41. The molecule has 0 saturated heterocycles. The molecular weight excluding hydrogens is 198 g/mol. The lowest BCUT2D eigenvalue weighted by Gasteiger charge is -1.96. The number of aromatic nitrogens is 5. The Bertz CT molecular complexity index is 668. The Morgan fingerprint density at radius 2 is 2.29 bits per heavy atom. The number of hydrogen-bond acceptors (Lipinski definition) is 4. The Hall–Kier alpha value is -1.82. The predicted octanol–water partition coefficient (Wildman–Crippen LogP) is 1.34. The Morgan fingerprint density at radius 1 is 1.36 bits per heavy atom. The van der Waals surface area contributed by atoms with Crippen molar-refractivity contribution in [2.24, 2.45) is 0 Å². The molecule has 0 bridgehead atoms. The number of hydrogen-bond donors (Lipinski definition) is 1. The molecule has 1 N–H and O–H groups in total. The Morgan fingerprint density at radius 3 is 3.21 bits per heavy atom. The normalized spacial score (nSPS) is 11.1. The first-order chi connectivity index (χ1) is 6.86. The maximum absolute atomic E-state index is 5.02. The lowest BCUT2D eigenvalue weighted by molar-refractivity contribution is 0.918. The minimum Gasteiger partial charge on any atom is -0.264 e. The molecule has 5 nitrogen and oxygen atoms in total. The van der Waals surface area contributed by atoms with Crippen LogP contribution in [0.2, 0.25) is 0 Å². The van der Waals surface area contributed by atoms with Gasteiger partial charge in [-0.25, -0.2) is 5.10 Å². The van der Waals surface area contributed by atoms with Crippen LogP contribution in [0.4, 0.5) is 0 Å². The summed E-state index contributed by atoms with van der Waals surface area (Å²) in [5, 5.41) is 12.9. The number of rotatable bonds is 0. The van der Waals surface area contributed by atoms with E-state index >= 15 is 0 Å². The van der Waals surface area contributed by atoms with Gasteiger partial charge >= 0.3 is 0 Å². The fraction of sp³-hybridized carbons (Fsp3) is 0. The third kappa shape index (κ3) is 0.882. The van der Waals surface area contributed by atoms with E-state index < -0.39 is 0 Å². The first-order valence-electron chi connectivity index (χ1n) is 4.02. The van der Waals surface area contributed by atoms with E-state index in [1.807, 2.05) is 6.07 Å². The topological polar surface area (TPSA) is 58.9 Å². The van der Waals surface area contributed by atoms with Gasteiger partial charge < -0.3 is 0 Å². The molecule has 3 aromatic rings. The molecule has 3 aromatic heterocycles. The molecule has 68 valence electrons. The van der Waals surface area contributed by atoms with E-state index in [0.29, 0.717) is 4.77 Å². The maximum atomic E-state index is 5.02. The lowest BCUT2D eigenvalue weighted by atomic mass is 10.2. The zero-order chi connectivity index (χ0) is 9.54. The quantitative estimate of drug-likeness (QED) is 0.560. The summed E-state index contributed by atoms with van der Waals surface area (Å²) in [5.74, 6) is 0. The van der Waals surface area contributed by atoms with Crippen molar-refractivity contribution in [3.05, 3.63) is 29.4 Å². The van der Waals surface area contributed by atoms with Crippen molar-refractivity contribution in [1.29, 1.82) is 0 Å². The van der Waals surface area contributed by atoms with Crippen LogP contribution in [0.1, 0.15) is 0 Å². The molecule has 0 aliphatic heterocycles. The molecule has 0 saturated carbocycles. The first kappa shape index (κ1) is 7.57. The zero-order valence-corrected chi connectivity index (χ0v) is 7.82. The molecule has 0 radical (unpaired) electrons. The van der Waals surface area contributed by atoms with Gasteiger partial charge in [-0.05, 0) is 18.3 Å². The summed E-state index contributed by atoms with van der Waals surface area (Å²) in [6, 6.07) is 1.89. The molecule has 0 aliphatic carbocycles. The Kier molecular flexibility index (Phi) is 1.40. The van der Waals surface area contributed by atoms with E-state index in [4.69, 9.17) is 12.2 Å². The number of H-pyrrole nitrogens is 1. The highest BCUT2D eigenvalue weighted by Gasteiger charge is 2.03. The fourth-order valence-corrected chi connectivity index (χ4v) is 1.59. The van der Waals surface area contributed by atoms with Crippen LogP contribution in [-0.4, -0.2) is 24.8 Å². The van der Waals surface area contributed by atoms with Gasteiger partial charge in [-0.3, -0.25) is 4.98 Å². The SMILES string of the molecule is S=c1[nH]nc2c3ccncc3cnn12. The van der Waals surface area contributed by atoms with Gasteiger partial charge in [0.25, 0.3) is 0 Å². The van der Waals surface area contributed by atoms with Gasteiger partial charge in [0.05, 0.1) is 6.20 Å². The van der Waals surface area contributed by atoms with Crippen molar-refractivity contribution in [2.75, 3.05) is 0 Å². The minimum absolute atomic E-state index is 0.499. The van der Waals surface area contributed by atoms with Crippen molar-refractivity contribution in [2.45, 2.75) is 0 Å². The number of nitrogens with one attached hydrogen (secondary N) is 1. The van der Waals surface area contributed by atoms with Crippen molar-refractivity contribution >= 4 is 28.6 Å². The van der Waals surface area contributed by atoms with Crippen LogP contribution in [0.15, 0.2) is 24.7 Å². The number of aromatic amines is 1. The van der Waals surface area contributed by atoms with Gasteiger partial charge in [-0.15, -0.1) is 0 Å². The summed E-state index contributed by atoms with van der Waals surface area (Å²) in [5.41, 5.74) is 0.731. The summed E-state index contributed by atoms with van der Waals surface area (Å²) in [4.78, 5) is 4.01. The lowest BCUT2D eigenvalue weighted by Crippen LogP contribution is -1.91. The summed E-state index contributed by atoms with van der Waals surface area (Å²) >= 11 is 5.02. The van der Waals surface area contributed by atoms with Crippen LogP contribution in [0, 0.1) is 4.77 Å². The molecule has 3 rings (SSSR count). The molecule has 0 aromatic carbocycles. The largest absolute Gasteiger partial charge is 0.264 e. The van der Waals surface area contributed by atoms with Gasteiger partial charge in [0.15, 0.2) is 5.65 Å². The average molecular weight is 203 g/mol. The van der Waals surface area contributed by atoms with Crippen LogP contribution < -0.4 is 0 Å². The first-order valence-corrected chi connectivity index (χ1v) is 4.43. The number of fused-ring (bicyclic) bond motifs is 3. The average Bonchev–Trinajstić information content (AvgIpc) is 2.61. The second-order valence-electron chi connectivity index (χ2n) is 2.87. The van der Waals surface area contributed by atoms with Crippen LogP contribution >= 0.6 is 12.2 Å². The maximum Gasteiger partial charge on any atom is 0.216 e. The molecule has 0 fully saturated rings. The highest BCUT2D eigenvalue weighted by molar-refractivity contribution is 7.71. The zero-order valence-electron chi connectivity index (χ0n) is 7.01. The third-order valence-corrected chi connectivity index (χ3v) is 2.32. The van der Waals surface area contributed by atoms with E-state index in [-0.39, 0.29) is 0 Å². The van der Waals surface area contributed by atoms with Crippen LogP contribution in [0.3, 0.4) is 0 Å². The molecule has 0 amide bonds. The van der Waals surface area contributed by atoms with E-state index in [1.165, 1.54) is 0 Å². The van der Waals surface area contributed by atoms with Gasteiger partial charge in [0.2, 0.25) is 4.77 Å². The predicted molar refractivity (Wildman–Crippen MR) is 53.5 cm³/mol. The molecule has 14 heavy (non-hydrogen) atoms. The highest BCUT2D eigenvalue weighted by atomic mass is 32.1. The monoisotopic (exact) mass is 203 g/mol. The van der Waals surface area contributed by atoms with Crippen LogP contribution in [-0.2, 0) is 0 Å². The molecule has 0 spiro atoms. The highest BCUT2D eigenvalue weighted by Crippen LogP contribution is 2.14. The third-order valence-electron chi connectivity index (χ3n) is 2.06. The van der Waals surface area contributed by atoms with Gasteiger partial charge in [-0.2, -0.15) is 14.7 Å². The number of nitrogens with zero attached hydrogens (tertiary/aromatic N) is 4. The van der Waals surface area contributed by atoms with Gasteiger partial charge in [-0.1, -0.05) is 0 Å². The molecule has 0 atom stereocenters. The molecule has 0 unspecified atom stereocenters. The van der Waals surface area contributed by atoms with Gasteiger partial charge in [0, 0.05) is 23.2 Å². The van der Waals surface area contributed by atoms with E-state index in [2.05, 4.69) is 20.3 Å². The smallest absolute Gasteiger partial charge is 0.216 e. The van der Waals surface area contributed by atoms with E-state index in [1.54, 1.807) is 23.1 Å². The van der Waals surface area contributed by atoms with E-state index in [9.17, 15) is 0 Å². The molecule has 6 heteroatoms. The summed E-state index contributed by atoms with van der Waals surface area (Å²) < 4.78 is 2.09. The second-order valence-corrected chi connectivity index (χ2v) is 3.26. The Labute approximate surface area is 83.4 Å². The number of pyridine rings is 1. The van der Waals surface area contributed by atoms with Crippen molar-refractivity contribution < 1.29 is 0 Å². The van der Waals surface area contributed by atoms with Crippen molar-refractivity contribution in [1.82, 2.24) is 24.8 Å². The van der Waals surface area contributed by atoms with Crippen molar-refractivity contribution in [3.63, 3.8) is 0 Å². The van der Waals surface area contributed by atoms with E-state index in [0.717, 1.165) is 16.4 Å². The minimum atomic E-state index is 0.499. The molecular formula is C8H5N5S. The second kappa shape index (κ2) is 2.58. The van der Waals surface area contributed by atoms with Crippen LogP contribution in [0.25, 0.3) is 16.4 Å². The standard InChI is InChI=1S/C8H5N5S/c14-8-12-11-7-6-1-2-9-3-5(6)4-10-13(7)8/h1-4H,(H,12,14). The molecule has 3 heterocycles. The van der Waals surface area contributed by atoms with Crippen LogP contribution in [0.5, 0.6) is 0 Å². The van der Waals surface area contributed by atoms with Gasteiger partial charge in [0.1, 0.15) is 0 Å². The van der Waals surface area contributed by atoms with Crippen molar-refractivity contribution in [3.8, 4) is 0 Å². The summed E-state index contributed by atoms with van der Waals surface area (Å²) in [6.45, 7) is 0. The summed E-state index contributed by atoms with van der Waals surface area (Å²) in [6.07, 6.45) is 5.20.